The number of aryl methyl sites for hydroxylation is 2. The fraction of sp³-hybridized carbons (Fsp3) is 0.125. The van der Waals surface area contributed by atoms with E-state index in [1.54, 1.807) is 4.57 Å². The SMILES string of the molecule is Cc1ccc(-n2c(SCc3cn4ccccc4n3)nc3ccccc3c2=O)c(C)c1. The molecule has 0 spiro atoms. The molecule has 0 aliphatic carbocycles. The largest absolute Gasteiger partial charge is 0.307 e. The van der Waals surface area contributed by atoms with Crippen molar-refractivity contribution in [1.82, 2.24) is 18.9 Å². The molecular weight excluding hydrogens is 392 g/mol. The van der Waals surface area contributed by atoms with Gasteiger partial charge in [0.2, 0.25) is 0 Å². The first-order valence-electron chi connectivity index (χ1n) is 9.75. The van der Waals surface area contributed by atoms with Crippen molar-refractivity contribution >= 4 is 28.3 Å². The molecule has 0 atom stereocenters. The molecule has 148 valence electrons. The van der Waals surface area contributed by atoms with Crippen molar-refractivity contribution in [1.29, 1.82) is 0 Å². The fourth-order valence-corrected chi connectivity index (χ4v) is 4.56. The standard InChI is InChI=1S/C24H20N4OS/c1-16-10-11-21(17(2)13-16)28-23(29)19-7-3-4-8-20(19)26-24(28)30-15-18-14-27-12-6-5-9-22(27)25-18/h3-14H,15H2,1-2H3. The summed E-state index contributed by atoms with van der Waals surface area (Å²) in [5.74, 6) is 0.622. The van der Waals surface area contributed by atoms with Crippen molar-refractivity contribution < 1.29 is 0 Å². The summed E-state index contributed by atoms with van der Waals surface area (Å²) in [4.78, 5) is 22.9. The smallest absolute Gasteiger partial charge is 0.266 e. The van der Waals surface area contributed by atoms with Crippen molar-refractivity contribution in [2.45, 2.75) is 24.8 Å². The molecule has 30 heavy (non-hydrogen) atoms. The van der Waals surface area contributed by atoms with Gasteiger partial charge in [0.25, 0.3) is 5.56 Å². The lowest BCUT2D eigenvalue weighted by molar-refractivity contribution is 0.813. The predicted molar refractivity (Wildman–Crippen MR) is 122 cm³/mol. The number of para-hydroxylation sites is 1. The van der Waals surface area contributed by atoms with Crippen LogP contribution in [0.2, 0.25) is 0 Å². The zero-order valence-electron chi connectivity index (χ0n) is 16.7. The maximum atomic E-state index is 13.4. The van der Waals surface area contributed by atoms with Gasteiger partial charge in [-0.05, 0) is 49.7 Å². The van der Waals surface area contributed by atoms with Crippen LogP contribution in [0.15, 0.2) is 83.0 Å². The van der Waals surface area contributed by atoms with E-state index in [1.807, 2.05) is 78.3 Å². The normalized spacial score (nSPS) is 11.4. The highest BCUT2D eigenvalue weighted by molar-refractivity contribution is 7.98. The van der Waals surface area contributed by atoms with E-state index in [1.165, 1.54) is 11.8 Å². The quantitative estimate of drug-likeness (QED) is 0.310. The van der Waals surface area contributed by atoms with Gasteiger partial charge in [0.15, 0.2) is 5.16 Å². The van der Waals surface area contributed by atoms with E-state index in [4.69, 9.17) is 4.98 Å². The lowest BCUT2D eigenvalue weighted by atomic mass is 10.1. The number of hydrogen-bond donors (Lipinski definition) is 0. The van der Waals surface area contributed by atoms with E-state index in [2.05, 4.69) is 18.0 Å². The maximum absolute atomic E-state index is 13.4. The number of aromatic nitrogens is 4. The number of nitrogens with zero attached hydrogens (tertiary/aromatic N) is 4. The fourth-order valence-electron chi connectivity index (χ4n) is 3.67. The number of imidazole rings is 1. The highest BCUT2D eigenvalue weighted by atomic mass is 32.2. The predicted octanol–water partition coefficient (Wildman–Crippen LogP) is 4.94. The van der Waals surface area contributed by atoms with Crippen LogP contribution in [-0.2, 0) is 5.75 Å². The summed E-state index contributed by atoms with van der Waals surface area (Å²) >= 11 is 1.53. The molecule has 3 aromatic heterocycles. The number of hydrogen-bond acceptors (Lipinski definition) is 4. The van der Waals surface area contributed by atoms with Crippen LogP contribution in [0.5, 0.6) is 0 Å². The minimum absolute atomic E-state index is 0.0509. The maximum Gasteiger partial charge on any atom is 0.266 e. The van der Waals surface area contributed by atoms with Crippen molar-refractivity contribution in [3.8, 4) is 5.69 Å². The van der Waals surface area contributed by atoms with Crippen LogP contribution >= 0.6 is 11.8 Å². The van der Waals surface area contributed by atoms with Crippen molar-refractivity contribution in [2.75, 3.05) is 0 Å². The molecule has 0 saturated carbocycles. The van der Waals surface area contributed by atoms with Crippen molar-refractivity contribution in [3.05, 3.63) is 100 Å². The summed E-state index contributed by atoms with van der Waals surface area (Å²) in [6.07, 6.45) is 4.00. The molecule has 5 rings (SSSR count). The Morgan fingerprint density at radius 1 is 0.967 bits per heavy atom. The third kappa shape index (κ3) is 3.29. The first-order valence-corrected chi connectivity index (χ1v) is 10.7. The number of pyridine rings is 1. The van der Waals surface area contributed by atoms with Crippen LogP contribution in [0, 0.1) is 13.8 Å². The van der Waals surface area contributed by atoms with Crippen LogP contribution < -0.4 is 5.56 Å². The van der Waals surface area contributed by atoms with Crippen molar-refractivity contribution in [3.63, 3.8) is 0 Å². The van der Waals surface area contributed by atoms with Gasteiger partial charge in [0.1, 0.15) is 5.65 Å². The van der Waals surface area contributed by atoms with Gasteiger partial charge in [-0.3, -0.25) is 9.36 Å². The Morgan fingerprint density at radius 2 is 1.80 bits per heavy atom. The van der Waals surface area contributed by atoms with Crippen LogP contribution in [-0.4, -0.2) is 18.9 Å². The van der Waals surface area contributed by atoms with Gasteiger partial charge in [-0.2, -0.15) is 0 Å². The van der Waals surface area contributed by atoms with E-state index in [0.717, 1.165) is 28.2 Å². The van der Waals surface area contributed by atoms with Gasteiger partial charge in [0.05, 0.1) is 22.3 Å². The molecule has 0 aliphatic rings. The summed E-state index contributed by atoms with van der Waals surface area (Å²) in [7, 11) is 0. The minimum atomic E-state index is -0.0509. The van der Waals surface area contributed by atoms with Crippen LogP contribution in [0.25, 0.3) is 22.2 Å². The molecule has 0 saturated heterocycles. The van der Waals surface area contributed by atoms with Gasteiger partial charge >= 0.3 is 0 Å². The molecule has 0 radical (unpaired) electrons. The van der Waals surface area contributed by atoms with Gasteiger partial charge in [-0.15, -0.1) is 0 Å². The average molecular weight is 413 g/mol. The van der Waals surface area contributed by atoms with Crippen LogP contribution in [0.3, 0.4) is 0 Å². The number of fused-ring (bicyclic) bond motifs is 2. The first kappa shape index (κ1) is 18.6. The van der Waals surface area contributed by atoms with Crippen molar-refractivity contribution in [2.24, 2.45) is 0 Å². The second-order valence-electron chi connectivity index (χ2n) is 7.33. The Balaban J connectivity index is 1.63. The second-order valence-corrected chi connectivity index (χ2v) is 8.27. The highest BCUT2D eigenvalue weighted by Gasteiger charge is 2.15. The monoisotopic (exact) mass is 412 g/mol. The van der Waals surface area contributed by atoms with Crippen LogP contribution in [0.1, 0.15) is 16.8 Å². The van der Waals surface area contributed by atoms with E-state index in [0.29, 0.717) is 21.8 Å². The van der Waals surface area contributed by atoms with E-state index >= 15 is 0 Å². The number of thioether (sulfide) groups is 1. The lowest BCUT2D eigenvalue weighted by Crippen LogP contribution is -2.22. The first-order chi connectivity index (χ1) is 14.6. The van der Waals surface area contributed by atoms with Gasteiger partial charge in [-0.1, -0.05) is 47.7 Å². The third-order valence-corrected chi connectivity index (χ3v) is 6.07. The second kappa shape index (κ2) is 7.46. The minimum Gasteiger partial charge on any atom is -0.307 e. The molecule has 6 heteroatoms. The summed E-state index contributed by atoms with van der Waals surface area (Å²) in [5.41, 5.74) is 5.58. The summed E-state index contributed by atoms with van der Waals surface area (Å²) < 4.78 is 3.73. The van der Waals surface area contributed by atoms with Gasteiger partial charge in [-0.25, -0.2) is 9.97 Å². The zero-order valence-corrected chi connectivity index (χ0v) is 17.6. The molecule has 0 fully saturated rings. The zero-order chi connectivity index (χ0) is 20.7. The van der Waals surface area contributed by atoms with Gasteiger partial charge in [0, 0.05) is 18.1 Å². The van der Waals surface area contributed by atoms with E-state index < -0.39 is 0 Å². The molecule has 0 bridgehead atoms. The average Bonchev–Trinajstić information content (AvgIpc) is 3.16. The van der Waals surface area contributed by atoms with Crippen LogP contribution in [0.4, 0.5) is 0 Å². The molecule has 5 nitrogen and oxygen atoms in total. The Hall–Kier alpha value is -3.38. The molecule has 0 amide bonds. The Bertz CT molecular complexity index is 1420. The molecule has 0 aliphatic heterocycles. The summed E-state index contributed by atoms with van der Waals surface area (Å²) in [5, 5.41) is 1.29. The topological polar surface area (TPSA) is 52.2 Å². The van der Waals surface area contributed by atoms with Gasteiger partial charge < -0.3 is 4.40 Å². The Labute approximate surface area is 178 Å². The number of benzene rings is 2. The lowest BCUT2D eigenvalue weighted by Gasteiger charge is -2.15. The Kier molecular flexibility index (Phi) is 4.64. The summed E-state index contributed by atoms with van der Waals surface area (Å²) in [6.45, 7) is 4.08. The Morgan fingerprint density at radius 3 is 2.63 bits per heavy atom. The molecular formula is C24H20N4OS. The number of rotatable bonds is 4. The molecule has 0 unspecified atom stereocenters. The highest BCUT2D eigenvalue weighted by Crippen LogP contribution is 2.26. The molecule has 2 aromatic carbocycles. The third-order valence-electron chi connectivity index (χ3n) is 5.10. The molecule has 0 N–H and O–H groups in total. The molecule has 3 heterocycles. The van der Waals surface area contributed by atoms with E-state index in [-0.39, 0.29) is 5.56 Å². The molecule has 5 aromatic rings. The summed E-state index contributed by atoms with van der Waals surface area (Å²) in [6, 6.07) is 19.6. The van der Waals surface area contributed by atoms with E-state index in [9.17, 15) is 4.79 Å².